The maximum Gasteiger partial charge on any atom is 0.182 e. The number of nitrogens with zero attached hydrogens (tertiary/aromatic N) is 3. The highest BCUT2D eigenvalue weighted by molar-refractivity contribution is 7.92. The molecule has 0 saturated heterocycles. The molecule has 0 spiro atoms. The number of benzene rings is 2. The molecule has 0 saturated carbocycles. The van der Waals surface area contributed by atoms with E-state index in [-0.39, 0.29) is 4.90 Å². The number of hydrogen-bond donors (Lipinski definition) is 1. The lowest BCUT2D eigenvalue weighted by atomic mass is 10.2. The van der Waals surface area contributed by atoms with E-state index in [0.29, 0.717) is 11.5 Å². The molecule has 3 rings (SSSR count). The molecular formula is C20H22N4O2S. The quantitative estimate of drug-likeness (QED) is 0.519. The van der Waals surface area contributed by atoms with Crippen molar-refractivity contribution in [2.75, 3.05) is 5.43 Å². The molecule has 1 N–H and O–H groups in total. The minimum atomic E-state index is -3.44. The Morgan fingerprint density at radius 3 is 2.48 bits per heavy atom. The van der Waals surface area contributed by atoms with Gasteiger partial charge in [-0.2, -0.15) is 10.2 Å². The number of rotatable bonds is 6. The maximum atomic E-state index is 12.7. The van der Waals surface area contributed by atoms with Crippen LogP contribution in [0.15, 0.2) is 70.8 Å². The molecule has 0 atom stereocenters. The fraction of sp³-hybridized carbons (Fsp3) is 0.200. The van der Waals surface area contributed by atoms with Gasteiger partial charge in [0.25, 0.3) is 0 Å². The summed E-state index contributed by atoms with van der Waals surface area (Å²) < 4.78 is 26.9. The summed E-state index contributed by atoms with van der Waals surface area (Å²) in [6.07, 6.45) is 3.30. The lowest BCUT2D eigenvalue weighted by Gasteiger charge is -2.14. The van der Waals surface area contributed by atoms with E-state index in [1.807, 2.05) is 31.2 Å². The molecular weight excluding hydrogens is 360 g/mol. The fourth-order valence-electron chi connectivity index (χ4n) is 2.53. The third kappa shape index (κ3) is 4.09. The second-order valence-corrected chi connectivity index (χ2v) is 8.94. The van der Waals surface area contributed by atoms with Gasteiger partial charge in [0.2, 0.25) is 0 Å². The SMILES string of the molecule is Cc1ccc(C=NNc2ccnn2-c2ccccc2S(=O)(=O)C(C)C)cc1. The number of para-hydroxylation sites is 1. The van der Waals surface area contributed by atoms with Crippen molar-refractivity contribution < 1.29 is 8.42 Å². The van der Waals surface area contributed by atoms with E-state index in [2.05, 4.69) is 15.6 Å². The van der Waals surface area contributed by atoms with Gasteiger partial charge in [-0.05, 0) is 38.5 Å². The van der Waals surface area contributed by atoms with E-state index in [1.54, 1.807) is 61.3 Å². The van der Waals surface area contributed by atoms with Gasteiger partial charge in [0.1, 0.15) is 5.82 Å². The first-order valence-electron chi connectivity index (χ1n) is 8.62. The Morgan fingerprint density at radius 2 is 1.78 bits per heavy atom. The number of hydrogen-bond acceptors (Lipinski definition) is 5. The van der Waals surface area contributed by atoms with Gasteiger partial charge in [0.05, 0.1) is 28.2 Å². The molecule has 0 fully saturated rings. The molecule has 6 nitrogen and oxygen atoms in total. The number of hydrazone groups is 1. The molecule has 0 aliphatic carbocycles. The van der Waals surface area contributed by atoms with E-state index in [1.165, 1.54) is 5.56 Å². The topological polar surface area (TPSA) is 76.3 Å². The normalized spacial score (nSPS) is 12.0. The Bertz CT molecular complexity index is 1050. The molecule has 3 aromatic rings. The highest BCUT2D eigenvalue weighted by atomic mass is 32.2. The second-order valence-electron chi connectivity index (χ2n) is 6.47. The standard InChI is InChI=1S/C20H22N4O2S/c1-15(2)27(25,26)19-7-5-4-6-18(19)24-20(12-13-22-24)23-21-14-17-10-8-16(3)9-11-17/h4-15,23H,1-3H3. The number of sulfone groups is 1. The summed E-state index contributed by atoms with van der Waals surface area (Å²) in [5.74, 6) is 0.574. The van der Waals surface area contributed by atoms with Crippen molar-refractivity contribution in [3.8, 4) is 5.69 Å². The van der Waals surface area contributed by atoms with Gasteiger partial charge in [-0.15, -0.1) is 0 Å². The van der Waals surface area contributed by atoms with Gasteiger partial charge in [0, 0.05) is 6.07 Å². The van der Waals surface area contributed by atoms with Crippen LogP contribution in [0.5, 0.6) is 0 Å². The van der Waals surface area contributed by atoms with E-state index < -0.39 is 15.1 Å². The molecule has 7 heteroatoms. The van der Waals surface area contributed by atoms with Crippen LogP contribution in [-0.2, 0) is 9.84 Å². The Hall–Kier alpha value is -2.93. The highest BCUT2D eigenvalue weighted by Gasteiger charge is 2.24. The van der Waals surface area contributed by atoms with Gasteiger partial charge in [0.15, 0.2) is 9.84 Å². The Morgan fingerprint density at radius 1 is 1.07 bits per heavy atom. The van der Waals surface area contributed by atoms with Crippen molar-refractivity contribution in [1.82, 2.24) is 9.78 Å². The van der Waals surface area contributed by atoms with Crippen LogP contribution in [0.4, 0.5) is 5.82 Å². The second kappa shape index (κ2) is 7.75. The van der Waals surface area contributed by atoms with Gasteiger partial charge < -0.3 is 0 Å². The lowest BCUT2D eigenvalue weighted by Crippen LogP contribution is -2.17. The third-order valence-corrected chi connectivity index (χ3v) is 6.33. The number of anilines is 1. The summed E-state index contributed by atoms with van der Waals surface area (Å²) in [6, 6.07) is 16.6. The monoisotopic (exact) mass is 382 g/mol. The molecule has 0 bridgehead atoms. The van der Waals surface area contributed by atoms with Crippen LogP contribution >= 0.6 is 0 Å². The van der Waals surface area contributed by atoms with Crippen LogP contribution < -0.4 is 5.43 Å². The number of aryl methyl sites for hydroxylation is 1. The minimum absolute atomic E-state index is 0.245. The van der Waals surface area contributed by atoms with Crippen LogP contribution in [-0.4, -0.2) is 29.7 Å². The molecule has 27 heavy (non-hydrogen) atoms. The van der Waals surface area contributed by atoms with Gasteiger partial charge in [-0.1, -0.05) is 42.0 Å². The van der Waals surface area contributed by atoms with Crippen LogP contribution in [0.25, 0.3) is 5.69 Å². The van der Waals surface area contributed by atoms with Crippen LogP contribution in [0.1, 0.15) is 25.0 Å². The molecule has 2 aromatic carbocycles. The number of nitrogens with one attached hydrogen (secondary N) is 1. The molecule has 0 amide bonds. The zero-order valence-corrected chi connectivity index (χ0v) is 16.3. The van der Waals surface area contributed by atoms with Crippen molar-refractivity contribution in [2.45, 2.75) is 30.9 Å². The lowest BCUT2D eigenvalue weighted by molar-refractivity contribution is 0.586. The average Bonchev–Trinajstić information content (AvgIpc) is 3.11. The Kier molecular flexibility index (Phi) is 5.41. The van der Waals surface area contributed by atoms with Crippen molar-refractivity contribution in [3.05, 3.63) is 71.9 Å². The van der Waals surface area contributed by atoms with Crippen LogP contribution in [0.3, 0.4) is 0 Å². The molecule has 140 valence electrons. The van der Waals surface area contributed by atoms with Gasteiger partial charge in [-0.25, -0.2) is 13.1 Å². The molecule has 1 aromatic heterocycles. The molecule has 1 heterocycles. The predicted molar refractivity (Wildman–Crippen MR) is 108 cm³/mol. The van der Waals surface area contributed by atoms with Gasteiger partial charge >= 0.3 is 0 Å². The molecule has 0 unspecified atom stereocenters. The van der Waals surface area contributed by atoms with E-state index in [9.17, 15) is 8.42 Å². The van der Waals surface area contributed by atoms with Crippen molar-refractivity contribution in [3.63, 3.8) is 0 Å². The van der Waals surface area contributed by atoms with E-state index in [0.717, 1.165) is 5.56 Å². The van der Waals surface area contributed by atoms with Gasteiger partial charge in [-0.3, -0.25) is 5.43 Å². The Labute approximate surface area is 159 Å². The molecule has 0 aliphatic rings. The molecule has 0 aliphatic heterocycles. The predicted octanol–water partition coefficient (Wildman–Crippen LogP) is 3.81. The maximum absolute atomic E-state index is 12.7. The van der Waals surface area contributed by atoms with E-state index >= 15 is 0 Å². The number of aromatic nitrogens is 2. The van der Waals surface area contributed by atoms with Crippen molar-refractivity contribution >= 4 is 21.9 Å². The summed E-state index contributed by atoms with van der Waals surface area (Å²) in [5.41, 5.74) is 5.57. The van der Waals surface area contributed by atoms with Crippen molar-refractivity contribution in [2.24, 2.45) is 5.10 Å². The largest absolute Gasteiger partial charge is 0.261 e. The zero-order chi connectivity index (χ0) is 19.4. The highest BCUT2D eigenvalue weighted by Crippen LogP contribution is 2.25. The zero-order valence-electron chi connectivity index (χ0n) is 15.5. The fourth-order valence-corrected chi connectivity index (χ4v) is 3.75. The summed E-state index contributed by atoms with van der Waals surface area (Å²) in [4.78, 5) is 0.245. The minimum Gasteiger partial charge on any atom is -0.261 e. The van der Waals surface area contributed by atoms with Crippen LogP contribution in [0, 0.1) is 6.92 Å². The first-order chi connectivity index (χ1) is 12.9. The first kappa shape index (κ1) is 18.8. The summed E-state index contributed by atoms with van der Waals surface area (Å²) in [7, 11) is -3.44. The van der Waals surface area contributed by atoms with E-state index in [4.69, 9.17) is 0 Å². The van der Waals surface area contributed by atoms with Crippen molar-refractivity contribution in [1.29, 1.82) is 0 Å². The third-order valence-electron chi connectivity index (χ3n) is 4.13. The summed E-state index contributed by atoms with van der Waals surface area (Å²) >= 11 is 0. The first-order valence-corrected chi connectivity index (χ1v) is 10.2. The average molecular weight is 382 g/mol. The van der Waals surface area contributed by atoms with Crippen LogP contribution in [0.2, 0.25) is 0 Å². The summed E-state index contributed by atoms with van der Waals surface area (Å²) in [5, 5.41) is 7.99. The smallest absolute Gasteiger partial charge is 0.182 e. The summed E-state index contributed by atoms with van der Waals surface area (Å²) in [6.45, 7) is 5.36. The molecule has 0 radical (unpaired) electrons. The Balaban J connectivity index is 1.91.